The van der Waals surface area contributed by atoms with Crippen molar-refractivity contribution in [1.29, 1.82) is 0 Å². The second kappa shape index (κ2) is 12.6. The third-order valence-electron chi connectivity index (χ3n) is 4.56. The number of aliphatic hydroxyl groups excluding tert-OH is 1. The number of hydrogen-bond donors (Lipinski definition) is 2. The van der Waals surface area contributed by atoms with E-state index < -0.39 is 0 Å². The van der Waals surface area contributed by atoms with Crippen LogP contribution in [0.25, 0.3) is 11.1 Å². The van der Waals surface area contributed by atoms with Gasteiger partial charge in [-0.25, -0.2) is 0 Å². The second-order valence-corrected chi connectivity index (χ2v) is 9.28. The van der Waals surface area contributed by atoms with E-state index in [0.717, 1.165) is 18.6 Å². The van der Waals surface area contributed by atoms with Gasteiger partial charge in [-0.2, -0.15) is 11.3 Å². The van der Waals surface area contributed by atoms with Gasteiger partial charge in [0.2, 0.25) is 0 Å². The zero-order valence-corrected chi connectivity index (χ0v) is 19.5. The van der Waals surface area contributed by atoms with Crippen molar-refractivity contribution in [3.8, 4) is 28.7 Å². The Morgan fingerprint density at radius 2 is 2.03 bits per heavy atom. The van der Waals surface area contributed by atoms with Gasteiger partial charge in [-0.15, -0.1) is 0 Å². The molecule has 0 aliphatic heterocycles. The Kier molecular flexibility index (Phi) is 10.2. The predicted molar refractivity (Wildman–Crippen MR) is 129 cm³/mol. The number of ether oxygens (including phenoxy) is 1. The van der Waals surface area contributed by atoms with Crippen LogP contribution in [0.1, 0.15) is 47.0 Å². The third kappa shape index (κ3) is 9.63. The van der Waals surface area contributed by atoms with Crippen LogP contribution in [0.4, 0.5) is 0 Å². The van der Waals surface area contributed by atoms with Crippen molar-refractivity contribution in [3.05, 3.63) is 53.2 Å². The fraction of sp³-hybridized carbons (Fsp3) is 0.462. The van der Waals surface area contributed by atoms with E-state index in [9.17, 15) is 5.11 Å². The minimum atomic E-state index is -0.381. The first-order chi connectivity index (χ1) is 14.4. The Bertz CT molecular complexity index is 825. The summed E-state index contributed by atoms with van der Waals surface area (Å²) >= 11 is 1.70. The molecular weight excluding hydrogens is 390 g/mol. The molecule has 2 aromatic rings. The zero-order chi connectivity index (χ0) is 21.8. The number of nitrogens with one attached hydrogen (secondary N) is 1. The first-order valence-corrected chi connectivity index (χ1v) is 11.7. The maximum absolute atomic E-state index is 10.3. The van der Waals surface area contributed by atoms with Crippen molar-refractivity contribution in [1.82, 2.24) is 5.32 Å². The van der Waals surface area contributed by atoms with Gasteiger partial charge in [-0.1, -0.05) is 37.0 Å². The summed E-state index contributed by atoms with van der Waals surface area (Å²) in [6.45, 7) is 9.68. The Hall–Kier alpha value is -2.06. The molecule has 0 amide bonds. The van der Waals surface area contributed by atoms with Gasteiger partial charge in [-0.05, 0) is 86.2 Å². The van der Waals surface area contributed by atoms with Gasteiger partial charge < -0.3 is 15.2 Å². The lowest BCUT2D eigenvalue weighted by Crippen LogP contribution is -2.28. The average Bonchev–Trinajstić information content (AvgIpc) is 3.24. The third-order valence-corrected chi connectivity index (χ3v) is 5.24. The molecule has 0 bridgehead atoms. The summed E-state index contributed by atoms with van der Waals surface area (Å²) in [7, 11) is 0. The molecule has 0 radical (unpaired) electrons. The standard InChI is InChI=1S/C26H35NO2S/c1-5-24(29-25-11-9-10-21(18-25)22-14-17-30-20-22)13-12-23(28)19-27-16-8-6-7-15-26(2,3)4/h6,8-11,14,17-18,20,23-24,27-28H,5,12-13,16,19H2,1-4H3. The molecule has 2 rings (SSSR count). The summed E-state index contributed by atoms with van der Waals surface area (Å²) in [6.07, 6.45) is 6.04. The first-order valence-electron chi connectivity index (χ1n) is 10.7. The molecule has 162 valence electrons. The Labute approximate surface area is 186 Å². The fourth-order valence-electron chi connectivity index (χ4n) is 2.91. The lowest BCUT2D eigenvalue weighted by atomic mass is 9.98. The highest BCUT2D eigenvalue weighted by Gasteiger charge is 2.12. The smallest absolute Gasteiger partial charge is 0.120 e. The van der Waals surface area contributed by atoms with Crippen LogP contribution >= 0.6 is 11.3 Å². The molecule has 0 saturated heterocycles. The van der Waals surface area contributed by atoms with Crippen molar-refractivity contribution < 1.29 is 9.84 Å². The molecule has 0 spiro atoms. The summed E-state index contributed by atoms with van der Waals surface area (Å²) in [5.74, 6) is 7.10. The topological polar surface area (TPSA) is 41.5 Å². The maximum Gasteiger partial charge on any atom is 0.120 e. The highest BCUT2D eigenvalue weighted by Crippen LogP contribution is 2.27. The van der Waals surface area contributed by atoms with E-state index in [-0.39, 0.29) is 17.6 Å². The molecule has 2 unspecified atom stereocenters. The summed E-state index contributed by atoms with van der Waals surface area (Å²) in [4.78, 5) is 0. The van der Waals surface area contributed by atoms with Crippen molar-refractivity contribution in [3.63, 3.8) is 0 Å². The molecule has 30 heavy (non-hydrogen) atoms. The number of thiophene rings is 1. The SMILES string of the molecule is CCC(CCC(O)CNCC=CC#CC(C)(C)C)Oc1cccc(-c2ccsc2)c1. The van der Waals surface area contributed by atoms with Crippen molar-refractivity contribution in [2.75, 3.05) is 13.1 Å². The predicted octanol–water partition coefficient (Wildman–Crippen LogP) is 5.91. The van der Waals surface area contributed by atoms with Crippen LogP contribution in [0.3, 0.4) is 0 Å². The van der Waals surface area contributed by atoms with Crippen LogP contribution in [0.2, 0.25) is 0 Å². The lowest BCUT2D eigenvalue weighted by Gasteiger charge is -2.20. The summed E-state index contributed by atoms with van der Waals surface area (Å²) in [5.41, 5.74) is 2.42. The molecule has 0 saturated carbocycles. The van der Waals surface area contributed by atoms with Crippen molar-refractivity contribution in [2.45, 2.75) is 59.2 Å². The molecular formula is C26H35NO2S. The monoisotopic (exact) mass is 425 g/mol. The maximum atomic E-state index is 10.3. The summed E-state index contributed by atoms with van der Waals surface area (Å²) < 4.78 is 6.20. The number of allylic oxidation sites excluding steroid dienone is 1. The zero-order valence-electron chi connectivity index (χ0n) is 18.7. The van der Waals surface area contributed by atoms with Crippen molar-refractivity contribution in [2.24, 2.45) is 5.41 Å². The molecule has 1 aromatic carbocycles. The Balaban J connectivity index is 1.71. The molecule has 2 atom stereocenters. The van der Waals surface area contributed by atoms with Gasteiger partial charge in [0.25, 0.3) is 0 Å². The molecule has 2 N–H and O–H groups in total. The highest BCUT2D eigenvalue weighted by molar-refractivity contribution is 7.08. The molecule has 0 aliphatic carbocycles. The van der Waals surface area contributed by atoms with E-state index in [1.54, 1.807) is 11.3 Å². The largest absolute Gasteiger partial charge is 0.490 e. The molecule has 1 heterocycles. The normalized spacial score (nSPS) is 13.6. The van der Waals surface area contributed by atoms with Crippen LogP contribution in [-0.2, 0) is 0 Å². The number of aliphatic hydroxyl groups is 1. The van der Waals surface area contributed by atoms with Crippen LogP contribution in [-0.4, -0.2) is 30.4 Å². The van der Waals surface area contributed by atoms with Gasteiger partial charge in [0, 0.05) is 18.5 Å². The van der Waals surface area contributed by atoms with Crippen LogP contribution in [0.5, 0.6) is 5.75 Å². The molecule has 0 fully saturated rings. The van der Waals surface area contributed by atoms with Crippen LogP contribution in [0, 0.1) is 17.3 Å². The highest BCUT2D eigenvalue weighted by atomic mass is 32.1. The molecule has 4 heteroatoms. The van der Waals surface area contributed by atoms with Gasteiger partial charge >= 0.3 is 0 Å². The summed E-state index contributed by atoms with van der Waals surface area (Å²) in [5, 5.41) is 17.8. The minimum absolute atomic E-state index is 0.0249. The second-order valence-electron chi connectivity index (χ2n) is 8.50. The molecule has 3 nitrogen and oxygen atoms in total. The van der Waals surface area contributed by atoms with Crippen LogP contribution in [0.15, 0.2) is 53.2 Å². The Morgan fingerprint density at radius 1 is 1.20 bits per heavy atom. The number of benzene rings is 1. The lowest BCUT2D eigenvalue weighted by molar-refractivity contribution is 0.124. The van der Waals surface area contributed by atoms with E-state index in [1.807, 2.05) is 24.3 Å². The van der Waals surface area contributed by atoms with E-state index in [2.05, 4.69) is 73.8 Å². The minimum Gasteiger partial charge on any atom is -0.490 e. The van der Waals surface area contributed by atoms with Crippen LogP contribution < -0.4 is 10.1 Å². The van der Waals surface area contributed by atoms with E-state index in [1.165, 1.54) is 11.1 Å². The van der Waals surface area contributed by atoms with Gasteiger partial charge in [-0.3, -0.25) is 0 Å². The van der Waals surface area contributed by atoms with Crippen molar-refractivity contribution >= 4 is 11.3 Å². The van der Waals surface area contributed by atoms with Gasteiger partial charge in [0.15, 0.2) is 0 Å². The van der Waals surface area contributed by atoms with E-state index in [0.29, 0.717) is 19.5 Å². The van der Waals surface area contributed by atoms with Gasteiger partial charge in [0.1, 0.15) is 5.75 Å². The molecule has 1 aromatic heterocycles. The first kappa shape index (κ1) is 24.2. The van der Waals surface area contributed by atoms with E-state index >= 15 is 0 Å². The number of hydrogen-bond acceptors (Lipinski definition) is 4. The quantitative estimate of drug-likeness (QED) is 0.347. The summed E-state index contributed by atoms with van der Waals surface area (Å²) in [6, 6.07) is 10.4. The Morgan fingerprint density at radius 3 is 2.73 bits per heavy atom. The fourth-order valence-corrected chi connectivity index (χ4v) is 3.57. The number of rotatable bonds is 11. The van der Waals surface area contributed by atoms with Gasteiger partial charge in [0.05, 0.1) is 12.2 Å². The van der Waals surface area contributed by atoms with E-state index in [4.69, 9.17) is 4.74 Å². The molecule has 0 aliphatic rings. The average molecular weight is 426 g/mol.